The first kappa shape index (κ1) is 21.8. The van der Waals surface area contributed by atoms with E-state index in [4.69, 9.17) is 4.74 Å². The number of ether oxygens (including phenoxy) is 1. The topological polar surface area (TPSA) is 89.6 Å². The molecule has 0 bridgehead atoms. The normalized spacial score (nSPS) is 15.7. The largest absolute Gasteiger partial charge is 0.412 e. The minimum absolute atomic E-state index is 0.199. The molecule has 1 saturated heterocycles. The monoisotopic (exact) mass is 467 g/mol. The van der Waals surface area contributed by atoms with Crippen LogP contribution in [0.4, 0.5) is 19.4 Å². The fourth-order valence-electron chi connectivity index (χ4n) is 4.23. The van der Waals surface area contributed by atoms with Gasteiger partial charge < -0.3 is 19.5 Å². The summed E-state index contributed by atoms with van der Waals surface area (Å²) in [6.45, 7) is 1.00. The Kier molecular flexibility index (Phi) is 5.83. The minimum atomic E-state index is -0.626. The maximum absolute atomic E-state index is 14.4. The van der Waals surface area contributed by atoms with Crippen LogP contribution in [0, 0.1) is 11.6 Å². The number of amides is 1. The predicted molar refractivity (Wildman–Crippen MR) is 120 cm³/mol. The zero-order valence-corrected chi connectivity index (χ0v) is 18.5. The Morgan fingerprint density at radius 2 is 2.18 bits per heavy atom. The summed E-state index contributed by atoms with van der Waals surface area (Å²) >= 11 is 0. The second-order valence-electron chi connectivity index (χ2n) is 8.18. The van der Waals surface area contributed by atoms with Crippen molar-refractivity contribution in [3.8, 4) is 5.75 Å². The Labute approximate surface area is 194 Å². The third-order valence-electron chi connectivity index (χ3n) is 5.80. The summed E-state index contributed by atoms with van der Waals surface area (Å²) < 4.78 is 37.0. The Bertz CT molecular complexity index is 1340. The molecular formula is C23H23F2N7O2. The number of anilines is 1. The molecule has 0 spiro atoms. The van der Waals surface area contributed by atoms with Gasteiger partial charge in [-0.15, -0.1) is 0 Å². The number of rotatable bonds is 6. The summed E-state index contributed by atoms with van der Waals surface area (Å²) in [6.07, 6.45) is 8.12. The molecule has 0 unspecified atom stereocenters. The van der Waals surface area contributed by atoms with Gasteiger partial charge in [0.05, 0.1) is 24.3 Å². The molecule has 0 radical (unpaired) electrons. The van der Waals surface area contributed by atoms with Crippen LogP contribution in [0.5, 0.6) is 5.75 Å². The molecule has 0 saturated carbocycles. The van der Waals surface area contributed by atoms with Gasteiger partial charge >= 0.3 is 6.09 Å². The molecule has 4 aromatic rings. The molecule has 34 heavy (non-hydrogen) atoms. The molecule has 4 heterocycles. The first-order valence-corrected chi connectivity index (χ1v) is 11.0. The van der Waals surface area contributed by atoms with Gasteiger partial charge in [-0.25, -0.2) is 28.1 Å². The van der Waals surface area contributed by atoms with E-state index in [-0.39, 0.29) is 11.8 Å². The maximum Gasteiger partial charge on any atom is 0.412 e. The lowest BCUT2D eigenvalue weighted by atomic mass is 10.0. The van der Waals surface area contributed by atoms with Crippen molar-refractivity contribution in [1.29, 1.82) is 0 Å². The Hall–Kier alpha value is -4.02. The van der Waals surface area contributed by atoms with Gasteiger partial charge in [0, 0.05) is 44.5 Å². The number of aryl methyl sites for hydroxylation is 1. The number of hydrogen-bond donors (Lipinski definition) is 1. The highest BCUT2D eigenvalue weighted by molar-refractivity contribution is 5.73. The average Bonchev–Trinajstić information content (AvgIpc) is 3.56. The van der Waals surface area contributed by atoms with Crippen molar-refractivity contribution in [2.24, 2.45) is 7.05 Å². The van der Waals surface area contributed by atoms with Gasteiger partial charge in [-0.05, 0) is 37.1 Å². The van der Waals surface area contributed by atoms with Crippen LogP contribution in [0.1, 0.15) is 30.1 Å². The highest BCUT2D eigenvalue weighted by atomic mass is 19.1. The number of nitrogens with one attached hydrogen (secondary N) is 1. The second kappa shape index (κ2) is 9.08. The molecule has 5 rings (SSSR count). The molecule has 11 heteroatoms. The molecule has 3 aromatic heterocycles. The van der Waals surface area contributed by atoms with E-state index < -0.39 is 17.7 Å². The number of nitrogens with zero attached hydrogens (tertiary/aromatic N) is 6. The summed E-state index contributed by atoms with van der Waals surface area (Å²) in [5.74, 6) is -0.160. The van der Waals surface area contributed by atoms with Crippen molar-refractivity contribution < 1.29 is 18.3 Å². The highest BCUT2D eigenvalue weighted by Crippen LogP contribution is 2.37. The first-order valence-electron chi connectivity index (χ1n) is 11.0. The Morgan fingerprint density at radius 1 is 1.29 bits per heavy atom. The van der Waals surface area contributed by atoms with Crippen molar-refractivity contribution in [2.75, 3.05) is 18.0 Å². The molecule has 1 amide bonds. The molecule has 1 aliphatic rings. The Balaban J connectivity index is 1.31. The number of carbonyl (C=O) groups excluding carboxylic acids is 1. The van der Waals surface area contributed by atoms with Crippen LogP contribution < -0.4 is 15.0 Å². The van der Waals surface area contributed by atoms with Crippen molar-refractivity contribution in [3.05, 3.63) is 72.1 Å². The van der Waals surface area contributed by atoms with Crippen molar-refractivity contribution in [3.63, 3.8) is 0 Å². The molecule has 0 aliphatic carbocycles. The highest BCUT2D eigenvalue weighted by Gasteiger charge is 2.30. The van der Waals surface area contributed by atoms with E-state index in [1.54, 1.807) is 18.6 Å². The summed E-state index contributed by atoms with van der Waals surface area (Å²) in [7, 11) is 1.88. The van der Waals surface area contributed by atoms with Crippen LogP contribution in [0.15, 0.2) is 49.2 Å². The lowest BCUT2D eigenvalue weighted by Crippen LogP contribution is -2.29. The molecule has 1 aliphatic heterocycles. The van der Waals surface area contributed by atoms with E-state index in [2.05, 4.69) is 20.4 Å². The van der Waals surface area contributed by atoms with E-state index in [9.17, 15) is 13.6 Å². The summed E-state index contributed by atoms with van der Waals surface area (Å²) in [6, 6.07) is 4.91. The van der Waals surface area contributed by atoms with E-state index in [0.29, 0.717) is 43.0 Å². The lowest BCUT2D eigenvalue weighted by Gasteiger charge is -2.26. The van der Waals surface area contributed by atoms with Crippen LogP contribution in [0.25, 0.3) is 5.65 Å². The van der Waals surface area contributed by atoms with Crippen LogP contribution >= 0.6 is 0 Å². The quantitative estimate of drug-likeness (QED) is 0.468. The van der Waals surface area contributed by atoms with Crippen LogP contribution in [-0.4, -0.2) is 43.3 Å². The average molecular weight is 467 g/mol. The van der Waals surface area contributed by atoms with Gasteiger partial charge in [0.2, 0.25) is 5.65 Å². The first-order chi connectivity index (χ1) is 16.5. The fourth-order valence-corrected chi connectivity index (χ4v) is 4.23. The van der Waals surface area contributed by atoms with Crippen LogP contribution in [0.2, 0.25) is 0 Å². The van der Waals surface area contributed by atoms with Crippen LogP contribution in [-0.2, 0) is 13.5 Å². The summed E-state index contributed by atoms with van der Waals surface area (Å²) in [5.41, 5.74) is 1.51. The summed E-state index contributed by atoms with van der Waals surface area (Å²) in [5, 5.41) is 6.87. The second-order valence-corrected chi connectivity index (χ2v) is 8.18. The van der Waals surface area contributed by atoms with Gasteiger partial charge in [-0.3, -0.25) is 0 Å². The number of hydrogen-bond acceptors (Lipinski definition) is 6. The van der Waals surface area contributed by atoms with Gasteiger partial charge in [0.15, 0.2) is 5.75 Å². The summed E-state index contributed by atoms with van der Waals surface area (Å²) in [4.78, 5) is 23.1. The van der Waals surface area contributed by atoms with Crippen molar-refractivity contribution >= 4 is 17.6 Å². The number of carbonyl (C=O) groups is 1. The van der Waals surface area contributed by atoms with Gasteiger partial charge in [0.1, 0.15) is 17.5 Å². The minimum Gasteiger partial charge on any atom is -0.405 e. The number of imidazole rings is 1. The van der Waals surface area contributed by atoms with E-state index in [0.717, 1.165) is 24.2 Å². The molecular weight excluding hydrogens is 444 g/mol. The third kappa shape index (κ3) is 4.41. The Morgan fingerprint density at radius 3 is 3.00 bits per heavy atom. The fraction of sp³-hybridized carbons (Fsp3) is 0.304. The standard InChI is InChI=1S/C23H23F2N7O2/c1-30-13-16(27-14-30)6-8-26-23(33)34-20-12-28-32-10-7-21(29-22(20)32)31-9-2-3-19(31)17-11-15(24)4-5-18(17)25/h4-5,7,10-14,19H,2-3,6,8-9H2,1H3,(H,26,33)/t19-/m1/s1. The van der Waals surface area contributed by atoms with Gasteiger partial charge in [-0.1, -0.05) is 0 Å². The molecule has 9 nitrogen and oxygen atoms in total. The zero-order chi connectivity index (χ0) is 23.7. The van der Waals surface area contributed by atoms with Crippen molar-refractivity contribution in [1.82, 2.24) is 29.5 Å². The molecule has 176 valence electrons. The third-order valence-corrected chi connectivity index (χ3v) is 5.80. The zero-order valence-electron chi connectivity index (χ0n) is 18.5. The number of fused-ring (bicyclic) bond motifs is 1. The van der Waals surface area contributed by atoms with Crippen LogP contribution in [0.3, 0.4) is 0 Å². The van der Waals surface area contributed by atoms with E-state index in [1.807, 2.05) is 22.7 Å². The SMILES string of the molecule is Cn1cnc(CCNC(=O)Oc2cnn3ccc(N4CCC[C@@H]4c4cc(F)ccc4F)nc23)c1. The van der Waals surface area contributed by atoms with Crippen molar-refractivity contribution in [2.45, 2.75) is 25.3 Å². The number of aromatic nitrogens is 5. The lowest BCUT2D eigenvalue weighted by molar-refractivity contribution is 0.201. The number of benzene rings is 1. The smallest absolute Gasteiger partial charge is 0.405 e. The maximum atomic E-state index is 14.4. The van der Waals surface area contributed by atoms with Gasteiger partial charge in [-0.2, -0.15) is 5.10 Å². The van der Waals surface area contributed by atoms with E-state index >= 15 is 0 Å². The molecule has 1 atom stereocenters. The number of halogens is 2. The molecule has 1 aromatic carbocycles. The predicted octanol–water partition coefficient (Wildman–Crippen LogP) is 3.41. The molecule has 1 fully saturated rings. The van der Waals surface area contributed by atoms with Gasteiger partial charge in [0.25, 0.3) is 0 Å². The van der Waals surface area contributed by atoms with E-state index in [1.165, 1.54) is 16.8 Å². The molecule has 1 N–H and O–H groups in total.